The monoisotopic (exact) mass is 240 g/mol. The minimum Gasteiger partial charge on any atom is -0.394 e. The minimum absolute atomic E-state index is 0.138. The third-order valence-electron chi connectivity index (χ3n) is 4.86. The highest BCUT2D eigenvalue weighted by atomic mass is 16.3. The molecule has 0 spiro atoms. The van der Waals surface area contributed by atoms with Gasteiger partial charge in [-0.1, -0.05) is 12.8 Å². The first kappa shape index (κ1) is 13.3. The predicted molar refractivity (Wildman–Crippen MR) is 71.1 cm³/mol. The number of hydrogen-bond donors (Lipinski definition) is 2. The van der Waals surface area contributed by atoms with E-state index in [0.717, 1.165) is 18.5 Å². The Morgan fingerprint density at radius 2 is 1.94 bits per heavy atom. The fourth-order valence-corrected chi connectivity index (χ4v) is 3.58. The van der Waals surface area contributed by atoms with Crippen molar-refractivity contribution in [3.8, 4) is 0 Å². The summed E-state index contributed by atoms with van der Waals surface area (Å²) in [5.74, 6) is 0.928. The molecule has 0 aromatic rings. The van der Waals surface area contributed by atoms with E-state index in [1.54, 1.807) is 0 Å². The van der Waals surface area contributed by atoms with Gasteiger partial charge < -0.3 is 10.4 Å². The van der Waals surface area contributed by atoms with Gasteiger partial charge in [0.1, 0.15) is 0 Å². The van der Waals surface area contributed by atoms with Crippen LogP contribution in [0.15, 0.2) is 0 Å². The summed E-state index contributed by atoms with van der Waals surface area (Å²) in [7, 11) is 1.96. The Hall–Kier alpha value is -0.120. The average molecular weight is 240 g/mol. The van der Waals surface area contributed by atoms with Crippen LogP contribution in [0, 0.1) is 5.92 Å². The fraction of sp³-hybridized carbons (Fsp3) is 1.00. The van der Waals surface area contributed by atoms with E-state index in [2.05, 4.69) is 17.1 Å². The lowest BCUT2D eigenvalue weighted by Gasteiger charge is -2.37. The zero-order chi connectivity index (χ0) is 12.3. The van der Waals surface area contributed by atoms with Crippen molar-refractivity contribution in [3.63, 3.8) is 0 Å². The molecule has 2 atom stereocenters. The zero-order valence-corrected chi connectivity index (χ0v) is 11.4. The summed E-state index contributed by atoms with van der Waals surface area (Å²) in [6.45, 7) is 4.55. The summed E-state index contributed by atoms with van der Waals surface area (Å²) in [5, 5.41) is 12.8. The number of likely N-dealkylation sites (N-methyl/N-ethyl adjacent to an activating group) is 1. The molecule has 3 nitrogen and oxygen atoms in total. The Morgan fingerprint density at radius 1 is 1.24 bits per heavy atom. The quantitative estimate of drug-likeness (QED) is 0.766. The highest BCUT2D eigenvalue weighted by Gasteiger charge is 2.36. The van der Waals surface area contributed by atoms with Gasteiger partial charge in [0.2, 0.25) is 0 Å². The summed E-state index contributed by atoms with van der Waals surface area (Å²) in [6.07, 6.45) is 8.42. The second-order valence-corrected chi connectivity index (χ2v) is 6.19. The normalized spacial score (nSPS) is 30.9. The highest BCUT2D eigenvalue weighted by Crippen LogP contribution is 2.35. The molecule has 0 bridgehead atoms. The zero-order valence-electron chi connectivity index (χ0n) is 11.4. The van der Waals surface area contributed by atoms with Gasteiger partial charge in [-0.05, 0) is 52.1 Å². The van der Waals surface area contributed by atoms with E-state index in [4.69, 9.17) is 0 Å². The molecule has 2 fully saturated rings. The Bertz CT molecular complexity index is 234. The SMILES string of the molecule is CNC(C)(CO)CN1CCCC1C1CCCC1. The Balaban J connectivity index is 1.94. The van der Waals surface area contributed by atoms with Crippen LogP contribution in [0.3, 0.4) is 0 Å². The van der Waals surface area contributed by atoms with E-state index in [1.165, 1.54) is 45.1 Å². The molecule has 2 rings (SSSR count). The van der Waals surface area contributed by atoms with Crippen molar-refractivity contribution in [2.75, 3.05) is 26.7 Å². The number of aliphatic hydroxyl groups is 1. The number of hydrogen-bond acceptors (Lipinski definition) is 3. The van der Waals surface area contributed by atoms with Crippen molar-refractivity contribution in [1.29, 1.82) is 0 Å². The second-order valence-electron chi connectivity index (χ2n) is 6.19. The third kappa shape index (κ3) is 3.01. The van der Waals surface area contributed by atoms with Crippen molar-refractivity contribution in [2.24, 2.45) is 5.92 Å². The fourth-order valence-electron chi connectivity index (χ4n) is 3.58. The van der Waals surface area contributed by atoms with Crippen molar-refractivity contribution in [2.45, 2.75) is 57.0 Å². The summed E-state index contributed by atoms with van der Waals surface area (Å²) >= 11 is 0. The molecule has 0 aromatic heterocycles. The molecule has 0 amide bonds. The second kappa shape index (κ2) is 5.68. The smallest absolute Gasteiger partial charge is 0.0623 e. The lowest BCUT2D eigenvalue weighted by Crippen LogP contribution is -2.54. The molecule has 1 heterocycles. The predicted octanol–water partition coefficient (Wildman–Crippen LogP) is 1.61. The van der Waals surface area contributed by atoms with Gasteiger partial charge in [-0.3, -0.25) is 4.90 Å². The van der Waals surface area contributed by atoms with Crippen LogP contribution in [0.2, 0.25) is 0 Å². The molecular formula is C14H28N2O. The average Bonchev–Trinajstić information content (AvgIpc) is 2.98. The van der Waals surface area contributed by atoms with Crippen LogP contribution in [0.25, 0.3) is 0 Å². The molecule has 0 radical (unpaired) electrons. The van der Waals surface area contributed by atoms with Gasteiger partial charge in [0.05, 0.1) is 12.1 Å². The van der Waals surface area contributed by atoms with Gasteiger partial charge in [0, 0.05) is 12.6 Å². The van der Waals surface area contributed by atoms with E-state index in [9.17, 15) is 5.11 Å². The Labute approximate surface area is 106 Å². The first-order valence-corrected chi connectivity index (χ1v) is 7.22. The van der Waals surface area contributed by atoms with Crippen molar-refractivity contribution < 1.29 is 5.11 Å². The molecule has 17 heavy (non-hydrogen) atoms. The number of nitrogens with zero attached hydrogens (tertiary/aromatic N) is 1. The standard InChI is InChI=1S/C14H28N2O/c1-14(11-17,15-2)10-16-9-5-8-13(16)12-6-3-4-7-12/h12-13,15,17H,3-11H2,1-2H3. The van der Waals surface area contributed by atoms with Gasteiger partial charge in [-0.15, -0.1) is 0 Å². The number of aliphatic hydroxyl groups excluding tert-OH is 1. The number of likely N-dealkylation sites (tertiary alicyclic amines) is 1. The number of nitrogens with one attached hydrogen (secondary N) is 1. The molecule has 1 saturated heterocycles. The van der Waals surface area contributed by atoms with Crippen molar-refractivity contribution in [3.05, 3.63) is 0 Å². The van der Waals surface area contributed by atoms with E-state index >= 15 is 0 Å². The van der Waals surface area contributed by atoms with E-state index in [1.807, 2.05) is 7.05 Å². The minimum atomic E-state index is -0.138. The first-order valence-electron chi connectivity index (χ1n) is 7.22. The van der Waals surface area contributed by atoms with Gasteiger partial charge in [-0.25, -0.2) is 0 Å². The number of rotatable bonds is 5. The Morgan fingerprint density at radius 3 is 2.53 bits per heavy atom. The summed E-state index contributed by atoms with van der Waals surface area (Å²) < 4.78 is 0. The van der Waals surface area contributed by atoms with Crippen LogP contribution in [0.5, 0.6) is 0 Å². The largest absolute Gasteiger partial charge is 0.394 e. The van der Waals surface area contributed by atoms with Gasteiger partial charge >= 0.3 is 0 Å². The Kier molecular flexibility index (Phi) is 4.45. The van der Waals surface area contributed by atoms with Crippen molar-refractivity contribution in [1.82, 2.24) is 10.2 Å². The van der Waals surface area contributed by atoms with Crippen LogP contribution in [-0.2, 0) is 0 Å². The lowest BCUT2D eigenvalue weighted by molar-refractivity contribution is 0.101. The molecule has 2 N–H and O–H groups in total. The van der Waals surface area contributed by atoms with Gasteiger partial charge in [0.15, 0.2) is 0 Å². The van der Waals surface area contributed by atoms with Crippen molar-refractivity contribution >= 4 is 0 Å². The van der Waals surface area contributed by atoms with Crippen LogP contribution in [-0.4, -0.2) is 48.3 Å². The van der Waals surface area contributed by atoms with Gasteiger partial charge in [-0.2, -0.15) is 0 Å². The molecule has 2 aliphatic rings. The maximum atomic E-state index is 9.51. The molecule has 1 saturated carbocycles. The van der Waals surface area contributed by atoms with E-state index in [0.29, 0.717) is 0 Å². The molecule has 2 unspecified atom stereocenters. The van der Waals surface area contributed by atoms with Crippen LogP contribution < -0.4 is 5.32 Å². The van der Waals surface area contributed by atoms with Crippen LogP contribution >= 0.6 is 0 Å². The molecule has 100 valence electrons. The van der Waals surface area contributed by atoms with Crippen LogP contribution in [0.1, 0.15) is 45.4 Å². The molecule has 3 heteroatoms. The van der Waals surface area contributed by atoms with Gasteiger partial charge in [0.25, 0.3) is 0 Å². The molecule has 1 aliphatic carbocycles. The van der Waals surface area contributed by atoms with Crippen LogP contribution in [0.4, 0.5) is 0 Å². The first-order chi connectivity index (χ1) is 8.18. The summed E-state index contributed by atoms with van der Waals surface area (Å²) in [6, 6.07) is 0.789. The molecule has 0 aromatic carbocycles. The maximum Gasteiger partial charge on any atom is 0.0623 e. The molecular weight excluding hydrogens is 212 g/mol. The van der Waals surface area contributed by atoms with E-state index < -0.39 is 0 Å². The third-order valence-corrected chi connectivity index (χ3v) is 4.86. The lowest BCUT2D eigenvalue weighted by atomic mass is 9.94. The topological polar surface area (TPSA) is 35.5 Å². The summed E-state index contributed by atoms with van der Waals surface area (Å²) in [5.41, 5.74) is -0.138. The summed E-state index contributed by atoms with van der Waals surface area (Å²) in [4.78, 5) is 2.63. The maximum absolute atomic E-state index is 9.51. The van der Waals surface area contributed by atoms with E-state index in [-0.39, 0.29) is 12.1 Å². The molecule has 1 aliphatic heterocycles. The highest BCUT2D eigenvalue weighted by molar-refractivity contribution is 4.93.